The van der Waals surface area contributed by atoms with Crippen molar-refractivity contribution in [2.45, 2.75) is 45.7 Å². The smallest absolute Gasteiger partial charge is 0.231 e. The highest BCUT2D eigenvalue weighted by atomic mass is 16.7. The Bertz CT molecular complexity index is 1300. The average molecular weight is 521 g/mol. The van der Waals surface area contributed by atoms with Gasteiger partial charge in [-0.05, 0) is 44.4 Å². The first-order valence-corrected chi connectivity index (χ1v) is 13.7. The van der Waals surface area contributed by atoms with Crippen LogP contribution in [0.3, 0.4) is 0 Å². The van der Waals surface area contributed by atoms with E-state index in [9.17, 15) is 4.79 Å². The molecule has 5 heterocycles. The third-order valence-corrected chi connectivity index (χ3v) is 7.54. The number of rotatable bonds is 9. The van der Waals surface area contributed by atoms with E-state index < -0.39 is 0 Å². The first-order chi connectivity index (χ1) is 18.6. The lowest BCUT2D eigenvalue weighted by Crippen LogP contribution is -2.47. The molecule has 2 fully saturated rings. The molecule has 202 valence electrons. The van der Waals surface area contributed by atoms with Crippen LogP contribution in [0.25, 0.3) is 11.2 Å². The second-order valence-electron chi connectivity index (χ2n) is 10.5. The van der Waals surface area contributed by atoms with Crippen LogP contribution in [0.5, 0.6) is 11.5 Å². The molecule has 2 aromatic heterocycles. The zero-order chi connectivity index (χ0) is 26.1. The van der Waals surface area contributed by atoms with Crippen LogP contribution < -0.4 is 19.7 Å². The molecule has 38 heavy (non-hydrogen) atoms. The van der Waals surface area contributed by atoms with Gasteiger partial charge in [0, 0.05) is 64.8 Å². The van der Waals surface area contributed by atoms with Crippen molar-refractivity contribution in [1.29, 1.82) is 0 Å². The SMILES string of the molecule is CC(C)n1c(N2CCN(Cc3ccc4c(c3)OCO4)CC2)nc2c(NCCCN3CCCC3=O)ncnc21. The van der Waals surface area contributed by atoms with Crippen LogP contribution in [0.2, 0.25) is 0 Å². The number of nitrogens with one attached hydrogen (secondary N) is 1. The van der Waals surface area contributed by atoms with Crippen LogP contribution in [0.15, 0.2) is 24.5 Å². The summed E-state index contributed by atoms with van der Waals surface area (Å²) in [7, 11) is 0. The van der Waals surface area contributed by atoms with Crippen LogP contribution in [0.1, 0.15) is 44.7 Å². The van der Waals surface area contributed by atoms with Crippen molar-refractivity contribution in [3.8, 4) is 11.5 Å². The van der Waals surface area contributed by atoms with E-state index >= 15 is 0 Å². The van der Waals surface area contributed by atoms with Crippen LogP contribution in [0.4, 0.5) is 11.8 Å². The van der Waals surface area contributed by atoms with Gasteiger partial charge in [0.15, 0.2) is 28.5 Å². The van der Waals surface area contributed by atoms with E-state index in [0.29, 0.717) is 13.2 Å². The number of likely N-dealkylation sites (tertiary alicyclic amines) is 1. The Morgan fingerprint density at radius 1 is 1.05 bits per heavy atom. The normalized spacial score (nSPS) is 17.8. The summed E-state index contributed by atoms with van der Waals surface area (Å²) in [6.45, 7) is 11.6. The number of carbonyl (C=O) groups is 1. The van der Waals surface area contributed by atoms with Crippen molar-refractivity contribution >= 4 is 28.8 Å². The Morgan fingerprint density at radius 2 is 1.89 bits per heavy atom. The summed E-state index contributed by atoms with van der Waals surface area (Å²) in [4.78, 5) is 32.8. The fourth-order valence-electron chi connectivity index (χ4n) is 5.55. The van der Waals surface area contributed by atoms with Gasteiger partial charge < -0.3 is 24.6 Å². The number of benzene rings is 1. The molecule has 0 bridgehead atoms. The number of anilines is 2. The molecule has 0 radical (unpaired) electrons. The summed E-state index contributed by atoms with van der Waals surface area (Å²) in [5, 5.41) is 3.45. The van der Waals surface area contributed by atoms with Gasteiger partial charge in [-0.2, -0.15) is 0 Å². The third kappa shape index (κ3) is 4.94. The molecule has 1 amide bonds. The molecule has 3 aliphatic rings. The maximum atomic E-state index is 11.9. The molecule has 1 aromatic carbocycles. The number of hydrogen-bond acceptors (Lipinski definition) is 9. The quantitative estimate of drug-likeness (QED) is 0.427. The highest BCUT2D eigenvalue weighted by Crippen LogP contribution is 2.33. The van der Waals surface area contributed by atoms with Gasteiger partial charge in [0.1, 0.15) is 6.33 Å². The summed E-state index contributed by atoms with van der Waals surface area (Å²) in [5.74, 6) is 3.63. The van der Waals surface area contributed by atoms with E-state index in [4.69, 9.17) is 14.5 Å². The van der Waals surface area contributed by atoms with Gasteiger partial charge in [-0.1, -0.05) is 6.07 Å². The van der Waals surface area contributed by atoms with E-state index in [1.807, 2.05) is 11.0 Å². The van der Waals surface area contributed by atoms with Gasteiger partial charge >= 0.3 is 0 Å². The molecular formula is C27H36N8O3. The van der Waals surface area contributed by atoms with Crippen LogP contribution in [-0.2, 0) is 11.3 Å². The van der Waals surface area contributed by atoms with Crippen molar-refractivity contribution in [2.75, 3.05) is 62.8 Å². The number of hydrogen-bond donors (Lipinski definition) is 1. The predicted molar refractivity (Wildman–Crippen MR) is 145 cm³/mol. The third-order valence-electron chi connectivity index (χ3n) is 7.54. The minimum Gasteiger partial charge on any atom is -0.454 e. The molecule has 11 heteroatoms. The number of fused-ring (bicyclic) bond motifs is 2. The molecule has 0 atom stereocenters. The molecule has 3 aromatic rings. The zero-order valence-electron chi connectivity index (χ0n) is 22.2. The summed E-state index contributed by atoms with van der Waals surface area (Å²) < 4.78 is 13.2. The Hall–Kier alpha value is -3.60. The van der Waals surface area contributed by atoms with Gasteiger partial charge in [-0.25, -0.2) is 15.0 Å². The van der Waals surface area contributed by atoms with E-state index in [1.165, 1.54) is 5.56 Å². The molecule has 0 unspecified atom stereocenters. The Morgan fingerprint density at radius 3 is 2.68 bits per heavy atom. The van der Waals surface area contributed by atoms with Crippen LogP contribution in [0, 0.1) is 0 Å². The van der Waals surface area contributed by atoms with Crippen molar-refractivity contribution in [3.63, 3.8) is 0 Å². The second-order valence-corrected chi connectivity index (χ2v) is 10.5. The van der Waals surface area contributed by atoms with Crippen molar-refractivity contribution in [1.82, 2.24) is 29.3 Å². The Balaban J connectivity index is 1.12. The maximum absolute atomic E-state index is 11.9. The first kappa shape index (κ1) is 24.7. The average Bonchev–Trinajstić information content (AvgIpc) is 3.65. The molecule has 1 N–H and O–H groups in total. The standard InChI is InChI=1S/C27H36N8O3/c1-19(2)35-26-24(25(29-17-30-26)28-8-4-10-33-9-3-5-23(33)36)31-27(35)34-13-11-32(12-14-34)16-20-6-7-21-22(15-20)38-18-37-21/h6-7,15,17,19H,3-5,8-14,16,18H2,1-2H3,(H,28,29,30). The highest BCUT2D eigenvalue weighted by molar-refractivity contribution is 5.85. The first-order valence-electron chi connectivity index (χ1n) is 13.7. The number of carbonyl (C=O) groups excluding carboxylic acids is 1. The lowest BCUT2D eigenvalue weighted by molar-refractivity contribution is -0.127. The molecule has 0 aliphatic carbocycles. The predicted octanol–water partition coefficient (Wildman–Crippen LogP) is 2.88. The van der Waals surface area contributed by atoms with E-state index in [0.717, 1.165) is 99.6 Å². The fraction of sp³-hybridized carbons (Fsp3) is 0.556. The van der Waals surface area contributed by atoms with Gasteiger partial charge in [0.05, 0.1) is 0 Å². The molecule has 0 saturated carbocycles. The number of piperazine rings is 1. The topological polar surface area (TPSA) is 101 Å². The van der Waals surface area contributed by atoms with Gasteiger partial charge in [0.2, 0.25) is 18.6 Å². The molecule has 2 saturated heterocycles. The lowest BCUT2D eigenvalue weighted by atomic mass is 10.1. The Kier molecular flexibility index (Phi) is 6.92. The molecule has 6 rings (SSSR count). The van der Waals surface area contributed by atoms with E-state index in [-0.39, 0.29) is 11.9 Å². The fourth-order valence-corrected chi connectivity index (χ4v) is 5.55. The summed E-state index contributed by atoms with van der Waals surface area (Å²) >= 11 is 0. The number of imidazole rings is 1. The van der Waals surface area contributed by atoms with E-state index in [1.54, 1.807) is 6.33 Å². The number of ether oxygens (including phenoxy) is 2. The van der Waals surface area contributed by atoms with Gasteiger partial charge in [-0.3, -0.25) is 14.3 Å². The molecule has 11 nitrogen and oxygen atoms in total. The lowest BCUT2D eigenvalue weighted by Gasteiger charge is -2.35. The minimum atomic E-state index is 0.214. The zero-order valence-corrected chi connectivity index (χ0v) is 22.2. The molecule has 3 aliphatic heterocycles. The van der Waals surface area contributed by atoms with Gasteiger partial charge in [-0.15, -0.1) is 0 Å². The largest absolute Gasteiger partial charge is 0.454 e. The number of aromatic nitrogens is 4. The maximum Gasteiger partial charge on any atom is 0.231 e. The molecule has 0 spiro atoms. The minimum absolute atomic E-state index is 0.214. The molecular weight excluding hydrogens is 484 g/mol. The van der Waals surface area contributed by atoms with E-state index in [2.05, 4.69) is 55.6 Å². The van der Waals surface area contributed by atoms with Gasteiger partial charge in [0.25, 0.3) is 0 Å². The number of amides is 1. The summed E-state index contributed by atoms with van der Waals surface area (Å²) in [5.41, 5.74) is 2.89. The van der Waals surface area contributed by atoms with Crippen molar-refractivity contribution in [2.24, 2.45) is 0 Å². The summed E-state index contributed by atoms with van der Waals surface area (Å²) in [6.07, 6.45) is 4.14. The van der Waals surface area contributed by atoms with Crippen molar-refractivity contribution in [3.05, 3.63) is 30.1 Å². The van der Waals surface area contributed by atoms with Crippen LogP contribution >= 0.6 is 0 Å². The second kappa shape index (κ2) is 10.6. The Labute approximate surface area is 222 Å². The van der Waals surface area contributed by atoms with Crippen molar-refractivity contribution < 1.29 is 14.3 Å². The number of nitrogens with zero attached hydrogens (tertiary/aromatic N) is 7. The summed E-state index contributed by atoms with van der Waals surface area (Å²) in [6, 6.07) is 6.42. The monoisotopic (exact) mass is 520 g/mol. The van der Waals surface area contributed by atoms with Crippen LogP contribution in [-0.4, -0.2) is 87.8 Å². The highest BCUT2D eigenvalue weighted by Gasteiger charge is 2.26.